The molecule has 0 atom stereocenters. The Hall–Kier alpha value is -1.51. The van der Waals surface area contributed by atoms with Gasteiger partial charge in [0.05, 0.1) is 17.1 Å². The van der Waals surface area contributed by atoms with Crippen LogP contribution in [0.3, 0.4) is 0 Å². The van der Waals surface area contributed by atoms with Gasteiger partial charge in [-0.1, -0.05) is 34.1 Å². The molecule has 21 heavy (non-hydrogen) atoms. The number of hydrogen-bond acceptors (Lipinski definition) is 3. The van der Waals surface area contributed by atoms with Crippen LogP contribution in [0.1, 0.15) is 16.7 Å². The van der Waals surface area contributed by atoms with Crippen LogP contribution < -0.4 is 9.47 Å². The van der Waals surface area contributed by atoms with Crippen LogP contribution in [0, 0.1) is 11.3 Å². The van der Waals surface area contributed by atoms with Gasteiger partial charge in [-0.2, -0.15) is 5.26 Å². The molecule has 0 aliphatic heterocycles. The van der Waals surface area contributed by atoms with Crippen molar-refractivity contribution >= 4 is 31.9 Å². The molecule has 2 aromatic rings. The Labute approximate surface area is 140 Å². The lowest BCUT2D eigenvalue weighted by Gasteiger charge is -2.12. The molecule has 0 N–H and O–H groups in total. The molecule has 0 aliphatic carbocycles. The molecule has 108 valence electrons. The summed E-state index contributed by atoms with van der Waals surface area (Å²) < 4.78 is 11.9. The number of nitriles is 1. The minimum absolute atomic E-state index is 0.390. The molecule has 0 spiro atoms. The van der Waals surface area contributed by atoms with Crippen molar-refractivity contribution in [3.8, 4) is 17.6 Å². The number of methoxy groups -OCH3 is 1. The molecule has 0 heterocycles. The van der Waals surface area contributed by atoms with E-state index in [0.717, 1.165) is 21.3 Å². The zero-order valence-electron chi connectivity index (χ0n) is 11.4. The van der Waals surface area contributed by atoms with Gasteiger partial charge in [-0.15, -0.1) is 0 Å². The molecule has 3 nitrogen and oxygen atoms in total. The first kappa shape index (κ1) is 15.9. The third-order valence-corrected chi connectivity index (χ3v) is 4.19. The van der Waals surface area contributed by atoms with Crippen LogP contribution in [0.15, 0.2) is 40.9 Å². The van der Waals surface area contributed by atoms with Gasteiger partial charge < -0.3 is 9.47 Å². The summed E-state index contributed by atoms with van der Waals surface area (Å²) in [5.74, 6) is 1.38. The SMILES string of the molecule is COc1ccc(COc2c(Br)cccc2CBr)cc1C#N. The van der Waals surface area contributed by atoms with E-state index < -0.39 is 0 Å². The van der Waals surface area contributed by atoms with Crippen molar-refractivity contribution in [2.24, 2.45) is 0 Å². The second kappa shape index (κ2) is 7.48. The maximum atomic E-state index is 9.10. The van der Waals surface area contributed by atoms with E-state index in [9.17, 15) is 0 Å². The number of alkyl halides is 1. The second-order valence-electron chi connectivity index (χ2n) is 4.30. The Balaban J connectivity index is 2.19. The minimum atomic E-state index is 0.390. The number of rotatable bonds is 5. The quantitative estimate of drug-likeness (QED) is 0.664. The van der Waals surface area contributed by atoms with E-state index in [-0.39, 0.29) is 0 Å². The molecular weight excluding hydrogens is 398 g/mol. The van der Waals surface area contributed by atoms with Crippen molar-refractivity contribution in [1.29, 1.82) is 5.26 Å². The number of ether oxygens (including phenoxy) is 2. The first-order chi connectivity index (χ1) is 10.2. The lowest BCUT2D eigenvalue weighted by atomic mass is 10.1. The summed E-state index contributed by atoms with van der Waals surface area (Å²) in [5, 5.41) is 9.82. The largest absolute Gasteiger partial charge is 0.495 e. The van der Waals surface area contributed by atoms with Crippen LogP contribution >= 0.6 is 31.9 Å². The molecule has 0 saturated heterocycles. The van der Waals surface area contributed by atoms with E-state index in [1.165, 1.54) is 0 Å². The standard InChI is InChI=1S/C16H13Br2NO2/c1-20-15-6-5-11(7-13(15)9-19)10-21-16-12(8-17)3-2-4-14(16)18/h2-7H,8,10H2,1H3. The minimum Gasteiger partial charge on any atom is -0.495 e. The molecule has 0 bridgehead atoms. The summed E-state index contributed by atoms with van der Waals surface area (Å²) in [5.41, 5.74) is 2.49. The molecule has 0 amide bonds. The maximum absolute atomic E-state index is 9.10. The highest BCUT2D eigenvalue weighted by atomic mass is 79.9. The van der Waals surface area contributed by atoms with Crippen LogP contribution in [-0.2, 0) is 11.9 Å². The molecule has 2 rings (SSSR count). The van der Waals surface area contributed by atoms with E-state index in [0.29, 0.717) is 23.2 Å². The van der Waals surface area contributed by atoms with E-state index in [1.807, 2.05) is 24.3 Å². The summed E-state index contributed by atoms with van der Waals surface area (Å²) in [6, 6.07) is 13.5. The number of para-hydroxylation sites is 1. The van der Waals surface area contributed by atoms with Gasteiger partial charge in [0, 0.05) is 10.9 Å². The van der Waals surface area contributed by atoms with Crippen LogP contribution in [0.4, 0.5) is 0 Å². The molecule has 0 unspecified atom stereocenters. The summed E-state index contributed by atoms with van der Waals surface area (Å²) in [4.78, 5) is 0. The fraction of sp³-hybridized carbons (Fsp3) is 0.188. The topological polar surface area (TPSA) is 42.2 Å². The van der Waals surface area contributed by atoms with Gasteiger partial charge in [-0.3, -0.25) is 0 Å². The Morgan fingerprint density at radius 3 is 2.71 bits per heavy atom. The lowest BCUT2D eigenvalue weighted by Crippen LogP contribution is -2.00. The molecule has 0 aromatic heterocycles. The molecule has 5 heteroatoms. The third kappa shape index (κ3) is 3.78. The first-order valence-electron chi connectivity index (χ1n) is 6.22. The van der Waals surface area contributed by atoms with Gasteiger partial charge in [-0.05, 0) is 39.7 Å². The van der Waals surface area contributed by atoms with E-state index >= 15 is 0 Å². The van der Waals surface area contributed by atoms with E-state index in [2.05, 4.69) is 37.9 Å². The average Bonchev–Trinajstić information content (AvgIpc) is 2.53. The van der Waals surface area contributed by atoms with Crippen LogP contribution in [-0.4, -0.2) is 7.11 Å². The molecule has 0 fully saturated rings. The monoisotopic (exact) mass is 409 g/mol. The highest BCUT2D eigenvalue weighted by molar-refractivity contribution is 9.10. The Bertz CT molecular complexity index is 680. The van der Waals surface area contributed by atoms with Gasteiger partial charge in [0.2, 0.25) is 0 Å². The van der Waals surface area contributed by atoms with Crippen molar-refractivity contribution in [3.05, 3.63) is 57.6 Å². The summed E-state index contributed by atoms with van der Waals surface area (Å²) in [6.07, 6.45) is 0. The van der Waals surface area contributed by atoms with Crippen molar-refractivity contribution < 1.29 is 9.47 Å². The van der Waals surface area contributed by atoms with Crippen molar-refractivity contribution in [1.82, 2.24) is 0 Å². The average molecular weight is 411 g/mol. The van der Waals surface area contributed by atoms with Crippen molar-refractivity contribution in [2.75, 3.05) is 7.11 Å². The second-order valence-corrected chi connectivity index (χ2v) is 5.71. The Morgan fingerprint density at radius 2 is 2.05 bits per heavy atom. The smallest absolute Gasteiger partial charge is 0.138 e. The van der Waals surface area contributed by atoms with Gasteiger partial charge in [0.15, 0.2) is 0 Å². The van der Waals surface area contributed by atoms with Crippen molar-refractivity contribution in [2.45, 2.75) is 11.9 Å². The highest BCUT2D eigenvalue weighted by Gasteiger charge is 2.09. The Morgan fingerprint density at radius 1 is 1.24 bits per heavy atom. The van der Waals surface area contributed by atoms with E-state index in [1.54, 1.807) is 19.2 Å². The highest BCUT2D eigenvalue weighted by Crippen LogP contribution is 2.31. The van der Waals surface area contributed by atoms with Gasteiger partial charge in [0.1, 0.15) is 24.2 Å². The third-order valence-electron chi connectivity index (χ3n) is 2.96. The Kier molecular flexibility index (Phi) is 5.66. The number of benzene rings is 2. The molecule has 0 aliphatic rings. The fourth-order valence-corrected chi connectivity index (χ4v) is 2.87. The normalized spacial score (nSPS) is 10.0. The van der Waals surface area contributed by atoms with Gasteiger partial charge in [-0.25, -0.2) is 0 Å². The molecule has 2 aromatic carbocycles. The summed E-state index contributed by atoms with van der Waals surface area (Å²) in [6.45, 7) is 0.390. The number of hydrogen-bond donors (Lipinski definition) is 0. The predicted molar refractivity (Wildman–Crippen MR) is 88.8 cm³/mol. The maximum Gasteiger partial charge on any atom is 0.138 e. The van der Waals surface area contributed by atoms with Crippen LogP contribution in [0.5, 0.6) is 11.5 Å². The molecule has 0 radical (unpaired) electrons. The van der Waals surface area contributed by atoms with Crippen LogP contribution in [0.25, 0.3) is 0 Å². The van der Waals surface area contributed by atoms with Crippen LogP contribution in [0.2, 0.25) is 0 Å². The summed E-state index contributed by atoms with van der Waals surface area (Å²) in [7, 11) is 1.55. The first-order valence-corrected chi connectivity index (χ1v) is 8.14. The number of nitrogens with zero attached hydrogens (tertiary/aromatic N) is 1. The lowest BCUT2D eigenvalue weighted by molar-refractivity contribution is 0.301. The molecular formula is C16H13Br2NO2. The van der Waals surface area contributed by atoms with Gasteiger partial charge >= 0.3 is 0 Å². The zero-order valence-corrected chi connectivity index (χ0v) is 14.6. The fourth-order valence-electron chi connectivity index (χ4n) is 1.91. The van der Waals surface area contributed by atoms with Gasteiger partial charge in [0.25, 0.3) is 0 Å². The van der Waals surface area contributed by atoms with Crippen molar-refractivity contribution in [3.63, 3.8) is 0 Å². The van der Waals surface area contributed by atoms with E-state index in [4.69, 9.17) is 14.7 Å². The predicted octanol–water partition coefficient (Wildman–Crippen LogP) is 4.80. The summed E-state index contributed by atoms with van der Waals surface area (Å²) >= 11 is 6.94. The zero-order chi connectivity index (χ0) is 15.2. The molecule has 0 saturated carbocycles. The number of halogens is 2.